The second kappa shape index (κ2) is 6.01. The van der Waals surface area contributed by atoms with Crippen LogP contribution in [-0.4, -0.2) is 13.0 Å². The molecule has 0 aliphatic rings. The number of nitrogens with two attached hydrogens (primary N) is 1. The molecule has 0 atom stereocenters. The van der Waals surface area contributed by atoms with Crippen molar-refractivity contribution < 1.29 is 8.42 Å². The fourth-order valence-corrected chi connectivity index (χ4v) is 3.15. The monoisotopic (exact) mass is 307 g/mol. The third-order valence-electron chi connectivity index (χ3n) is 3.00. The molecule has 2 aromatic rings. The number of anilines is 2. The number of rotatable bonds is 5. The number of pyridine rings is 1. The van der Waals surface area contributed by atoms with Gasteiger partial charge in [-0.05, 0) is 24.6 Å². The summed E-state index contributed by atoms with van der Waals surface area (Å²) in [6.45, 7) is 2.28. The summed E-state index contributed by atoms with van der Waals surface area (Å²) >= 11 is 0. The fraction of sp³-hybridized carbons (Fsp3) is 0.214. The van der Waals surface area contributed by atoms with Crippen LogP contribution in [0.1, 0.15) is 12.5 Å². The van der Waals surface area contributed by atoms with E-state index in [2.05, 4.69) is 4.72 Å². The number of nitrogens with zero attached hydrogens (tertiary/aromatic N) is 1. The van der Waals surface area contributed by atoms with Gasteiger partial charge in [-0.25, -0.2) is 8.42 Å². The lowest BCUT2D eigenvalue weighted by Gasteiger charge is -2.11. The maximum Gasteiger partial charge on any atom is 0.250 e. The maximum atomic E-state index is 12.2. The molecular weight excluding hydrogens is 290 g/mol. The zero-order valence-corrected chi connectivity index (χ0v) is 12.4. The minimum absolute atomic E-state index is 0.173. The zero-order valence-electron chi connectivity index (χ0n) is 11.6. The first kappa shape index (κ1) is 15.1. The van der Waals surface area contributed by atoms with Gasteiger partial charge in [-0.1, -0.05) is 18.2 Å². The lowest BCUT2D eigenvalue weighted by Crippen LogP contribution is -2.20. The van der Waals surface area contributed by atoms with Gasteiger partial charge in [-0.2, -0.15) is 0 Å². The van der Waals surface area contributed by atoms with Crippen molar-refractivity contribution in [1.29, 1.82) is 0 Å². The van der Waals surface area contributed by atoms with Gasteiger partial charge in [-0.3, -0.25) is 9.52 Å². The molecule has 1 heterocycles. The average molecular weight is 307 g/mol. The molecule has 1 aromatic carbocycles. The van der Waals surface area contributed by atoms with E-state index in [1.807, 2.05) is 6.92 Å². The zero-order chi connectivity index (χ0) is 15.5. The topological polar surface area (TPSA) is 94.2 Å². The van der Waals surface area contributed by atoms with Crippen LogP contribution < -0.4 is 16.0 Å². The molecule has 21 heavy (non-hydrogen) atoms. The average Bonchev–Trinajstić information content (AvgIpc) is 2.43. The highest BCUT2D eigenvalue weighted by atomic mass is 32.2. The highest BCUT2D eigenvalue weighted by Gasteiger charge is 2.14. The van der Waals surface area contributed by atoms with Gasteiger partial charge in [0.2, 0.25) is 10.0 Å². The first-order valence-corrected chi connectivity index (χ1v) is 8.11. The van der Waals surface area contributed by atoms with Gasteiger partial charge in [0.05, 0.1) is 11.4 Å². The molecule has 0 saturated carbocycles. The van der Waals surface area contributed by atoms with Crippen molar-refractivity contribution in [1.82, 2.24) is 4.57 Å². The Balaban J connectivity index is 2.22. The van der Waals surface area contributed by atoms with Crippen LogP contribution >= 0.6 is 0 Å². The first-order valence-electron chi connectivity index (χ1n) is 6.45. The number of sulfonamides is 1. The van der Waals surface area contributed by atoms with Crippen LogP contribution in [0.25, 0.3) is 0 Å². The molecule has 0 spiro atoms. The SMILES string of the molecule is CCn1cc(NS(=O)(=O)Cc2ccccc2N)ccc1=O. The molecular formula is C14H17N3O3S. The molecule has 2 rings (SSSR count). The lowest BCUT2D eigenvalue weighted by molar-refractivity contribution is 0.600. The third-order valence-corrected chi connectivity index (χ3v) is 4.24. The van der Waals surface area contributed by atoms with Gasteiger partial charge < -0.3 is 10.3 Å². The van der Waals surface area contributed by atoms with Crippen LogP contribution in [0.5, 0.6) is 0 Å². The standard InChI is InChI=1S/C14H17N3O3S/c1-2-17-9-12(7-8-14(17)18)16-21(19,20)10-11-5-3-4-6-13(11)15/h3-9,16H,2,10,15H2,1H3. The van der Waals surface area contributed by atoms with Crippen molar-refractivity contribution >= 4 is 21.4 Å². The summed E-state index contributed by atoms with van der Waals surface area (Å²) in [6, 6.07) is 9.58. The van der Waals surface area contributed by atoms with Crippen LogP contribution in [0.4, 0.5) is 11.4 Å². The Labute approximate surface area is 123 Å². The summed E-state index contributed by atoms with van der Waals surface area (Å²) in [5.74, 6) is -0.217. The van der Waals surface area contributed by atoms with E-state index in [1.165, 1.54) is 22.9 Å². The Hall–Kier alpha value is -2.28. The number of para-hydroxylation sites is 1. The van der Waals surface area contributed by atoms with Crippen LogP contribution in [-0.2, 0) is 22.3 Å². The van der Waals surface area contributed by atoms with Crippen molar-refractivity contribution in [2.24, 2.45) is 0 Å². The number of aryl methyl sites for hydroxylation is 1. The van der Waals surface area contributed by atoms with E-state index < -0.39 is 10.0 Å². The highest BCUT2D eigenvalue weighted by molar-refractivity contribution is 7.91. The highest BCUT2D eigenvalue weighted by Crippen LogP contribution is 2.16. The molecule has 3 N–H and O–H groups in total. The summed E-state index contributed by atoms with van der Waals surface area (Å²) in [6.07, 6.45) is 1.48. The Morgan fingerprint density at radius 2 is 1.90 bits per heavy atom. The van der Waals surface area contributed by atoms with E-state index in [9.17, 15) is 13.2 Å². The summed E-state index contributed by atoms with van der Waals surface area (Å²) in [5.41, 5.74) is 6.90. The largest absolute Gasteiger partial charge is 0.398 e. The second-order valence-corrected chi connectivity index (χ2v) is 6.32. The van der Waals surface area contributed by atoms with Crippen molar-refractivity contribution in [3.63, 3.8) is 0 Å². The molecule has 6 nitrogen and oxygen atoms in total. The van der Waals surface area contributed by atoms with Crippen LogP contribution in [0, 0.1) is 0 Å². The van der Waals surface area contributed by atoms with Gasteiger partial charge in [0.15, 0.2) is 0 Å². The molecule has 0 saturated heterocycles. The minimum Gasteiger partial charge on any atom is -0.398 e. The Bertz CT molecular complexity index is 797. The smallest absolute Gasteiger partial charge is 0.250 e. The fourth-order valence-electron chi connectivity index (χ4n) is 1.92. The van der Waals surface area contributed by atoms with E-state index in [-0.39, 0.29) is 11.3 Å². The predicted octanol–water partition coefficient (Wildman–Crippen LogP) is 1.39. The van der Waals surface area contributed by atoms with Crippen LogP contribution in [0.3, 0.4) is 0 Å². The van der Waals surface area contributed by atoms with Crippen molar-refractivity contribution in [3.8, 4) is 0 Å². The number of hydrogen-bond donors (Lipinski definition) is 2. The summed E-state index contributed by atoms with van der Waals surface area (Å²) in [5, 5.41) is 0. The van der Waals surface area contributed by atoms with E-state index in [0.29, 0.717) is 23.5 Å². The summed E-state index contributed by atoms with van der Waals surface area (Å²) in [4.78, 5) is 11.5. The van der Waals surface area contributed by atoms with Gasteiger partial charge >= 0.3 is 0 Å². The van der Waals surface area contributed by atoms with Gasteiger partial charge in [0.25, 0.3) is 5.56 Å². The maximum absolute atomic E-state index is 12.2. The first-order chi connectivity index (χ1) is 9.91. The van der Waals surface area contributed by atoms with Gasteiger partial charge in [-0.15, -0.1) is 0 Å². The molecule has 0 aliphatic carbocycles. The molecule has 1 aromatic heterocycles. The number of aromatic nitrogens is 1. The number of nitrogen functional groups attached to an aromatic ring is 1. The van der Waals surface area contributed by atoms with E-state index in [4.69, 9.17) is 5.73 Å². The summed E-state index contributed by atoms with van der Waals surface area (Å²) < 4.78 is 28.2. The molecule has 0 unspecified atom stereocenters. The third kappa shape index (κ3) is 3.85. The molecule has 112 valence electrons. The van der Waals surface area contributed by atoms with Crippen molar-refractivity contribution in [3.05, 3.63) is 58.5 Å². The Morgan fingerprint density at radius 3 is 2.57 bits per heavy atom. The Kier molecular flexibility index (Phi) is 4.32. The lowest BCUT2D eigenvalue weighted by atomic mass is 10.2. The summed E-state index contributed by atoms with van der Waals surface area (Å²) in [7, 11) is -3.59. The number of hydrogen-bond acceptors (Lipinski definition) is 4. The molecule has 0 amide bonds. The Morgan fingerprint density at radius 1 is 1.19 bits per heavy atom. The van der Waals surface area contributed by atoms with Crippen molar-refractivity contribution in [2.75, 3.05) is 10.5 Å². The molecule has 0 aliphatic heterocycles. The second-order valence-electron chi connectivity index (χ2n) is 4.60. The minimum atomic E-state index is -3.59. The van der Waals surface area contributed by atoms with Gasteiger partial charge in [0.1, 0.15) is 0 Å². The predicted molar refractivity (Wildman–Crippen MR) is 83.5 cm³/mol. The van der Waals surface area contributed by atoms with E-state index >= 15 is 0 Å². The van der Waals surface area contributed by atoms with Gasteiger partial charge in [0, 0.05) is 24.5 Å². The number of benzene rings is 1. The van der Waals surface area contributed by atoms with Crippen molar-refractivity contribution in [2.45, 2.75) is 19.2 Å². The van der Waals surface area contributed by atoms with Crippen LogP contribution in [0.15, 0.2) is 47.4 Å². The quantitative estimate of drug-likeness (QED) is 0.816. The van der Waals surface area contributed by atoms with Crippen LogP contribution in [0.2, 0.25) is 0 Å². The number of nitrogens with one attached hydrogen (secondary N) is 1. The molecule has 0 bridgehead atoms. The van der Waals surface area contributed by atoms with E-state index in [1.54, 1.807) is 24.3 Å². The molecule has 7 heteroatoms. The molecule has 0 radical (unpaired) electrons. The molecule has 0 fully saturated rings. The van der Waals surface area contributed by atoms with E-state index in [0.717, 1.165) is 0 Å². The normalized spacial score (nSPS) is 11.3.